The van der Waals surface area contributed by atoms with Crippen molar-refractivity contribution in [1.29, 1.82) is 0 Å². The number of hydrogen-bond donors (Lipinski definition) is 1. The normalized spacial score (nSPS) is 11.6. The fourth-order valence-electron chi connectivity index (χ4n) is 1.23. The second-order valence-corrected chi connectivity index (χ2v) is 6.94. The lowest BCUT2D eigenvalue weighted by Crippen LogP contribution is -2.21. The second kappa shape index (κ2) is 7.55. The Hall–Kier alpha value is -1.19. The van der Waals surface area contributed by atoms with Crippen molar-refractivity contribution < 1.29 is 22.7 Å². The van der Waals surface area contributed by atoms with E-state index in [4.69, 9.17) is 4.74 Å². The molecule has 0 spiro atoms. The molecule has 20 heavy (non-hydrogen) atoms. The number of methoxy groups -OCH3 is 1. The van der Waals surface area contributed by atoms with Gasteiger partial charge in [-0.15, -0.1) is 11.3 Å². The lowest BCUT2D eigenvalue weighted by atomic mass is 10.3. The molecule has 0 aliphatic carbocycles. The molecule has 0 saturated heterocycles. The van der Waals surface area contributed by atoms with Crippen molar-refractivity contribution in [2.24, 2.45) is 0 Å². The van der Waals surface area contributed by atoms with Gasteiger partial charge in [-0.25, -0.2) is 13.4 Å². The van der Waals surface area contributed by atoms with Crippen molar-refractivity contribution in [1.82, 2.24) is 4.98 Å². The average Bonchev–Trinajstić information content (AvgIpc) is 2.74. The van der Waals surface area contributed by atoms with Gasteiger partial charge in [0.1, 0.15) is 0 Å². The molecule has 0 aliphatic heterocycles. The van der Waals surface area contributed by atoms with E-state index in [1.54, 1.807) is 5.38 Å². The summed E-state index contributed by atoms with van der Waals surface area (Å²) in [7, 11) is -2.21. The summed E-state index contributed by atoms with van der Waals surface area (Å²) in [6, 6.07) is 0. The number of nitrogens with zero attached hydrogens (tertiary/aromatic N) is 1. The summed E-state index contributed by atoms with van der Waals surface area (Å²) in [5.41, 5.74) is 0.470. The molecule has 0 amide bonds. The highest BCUT2D eigenvalue weighted by atomic mass is 32.2. The zero-order valence-electron chi connectivity index (χ0n) is 11.6. The van der Waals surface area contributed by atoms with Crippen LogP contribution in [0, 0.1) is 0 Å². The van der Waals surface area contributed by atoms with Gasteiger partial charge in [0.05, 0.1) is 37.7 Å². The first kappa shape index (κ1) is 16.9. The molecular formula is C11H18N2O5S2. The minimum Gasteiger partial charge on any atom is -0.469 e. The molecule has 7 nitrogen and oxygen atoms in total. The van der Waals surface area contributed by atoms with Crippen LogP contribution in [0.3, 0.4) is 0 Å². The predicted octanol–water partition coefficient (Wildman–Crippen LogP) is 1.03. The molecule has 114 valence electrons. The Morgan fingerprint density at radius 3 is 2.80 bits per heavy atom. The molecule has 1 aromatic rings. The first-order valence-electron chi connectivity index (χ1n) is 5.95. The highest BCUT2D eigenvalue weighted by molar-refractivity contribution is 7.92. The summed E-state index contributed by atoms with van der Waals surface area (Å²) < 4.78 is 35.6. The molecule has 0 saturated carbocycles. The number of carbonyl (C=O) groups excluding carboxylic acids is 1. The van der Waals surface area contributed by atoms with Gasteiger partial charge in [0.15, 0.2) is 5.13 Å². The van der Waals surface area contributed by atoms with E-state index >= 15 is 0 Å². The number of ether oxygens (including phenoxy) is 2. The zero-order valence-corrected chi connectivity index (χ0v) is 13.2. The number of aromatic nitrogens is 1. The molecule has 1 N–H and O–H groups in total. The van der Waals surface area contributed by atoms with Crippen LogP contribution in [0.2, 0.25) is 0 Å². The van der Waals surface area contributed by atoms with Gasteiger partial charge in [0.25, 0.3) is 0 Å². The molecule has 0 fully saturated rings. The number of nitrogens with one attached hydrogen (secondary N) is 1. The van der Waals surface area contributed by atoms with Crippen LogP contribution in [0.4, 0.5) is 5.13 Å². The molecule has 0 radical (unpaired) electrons. The van der Waals surface area contributed by atoms with Crippen molar-refractivity contribution in [3.05, 3.63) is 11.1 Å². The number of rotatable bonds is 8. The summed E-state index contributed by atoms with van der Waals surface area (Å²) in [6.45, 7) is 3.79. The van der Waals surface area contributed by atoms with E-state index in [0.717, 1.165) is 11.3 Å². The van der Waals surface area contributed by atoms with Gasteiger partial charge in [0.2, 0.25) is 10.0 Å². The molecular weight excluding hydrogens is 304 g/mol. The standard InChI is InChI=1S/C11H18N2O5S2/c1-8(2)18-4-5-20(15,16)13-11-12-9(7-19-11)6-10(14)17-3/h7-8H,4-6H2,1-3H3,(H,12,13). The maximum atomic E-state index is 11.8. The highest BCUT2D eigenvalue weighted by Gasteiger charge is 2.14. The Morgan fingerprint density at radius 1 is 1.50 bits per heavy atom. The largest absolute Gasteiger partial charge is 0.469 e. The molecule has 1 aromatic heterocycles. The fraction of sp³-hybridized carbons (Fsp3) is 0.636. The average molecular weight is 322 g/mol. The maximum Gasteiger partial charge on any atom is 0.311 e. The second-order valence-electron chi connectivity index (χ2n) is 4.24. The molecule has 0 aromatic carbocycles. The van der Waals surface area contributed by atoms with E-state index in [1.165, 1.54) is 7.11 Å². The summed E-state index contributed by atoms with van der Waals surface area (Å²) in [6.07, 6.45) is 0.00211. The third-order valence-electron chi connectivity index (χ3n) is 2.15. The van der Waals surface area contributed by atoms with Gasteiger partial charge in [-0.3, -0.25) is 9.52 Å². The van der Waals surface area contributed by atoms with Gasteiger partial charge >= 0.3 is 5.97 Å². The van der Waals surface area contributed by atoms with E-state index < -0.39 is 16.0 Å². The van der Waals surface area contributed by atoms with Crippen molar-refractivity contribution in [3.63, 3.8) is 0 Å². The highest BCUT2D eigenvalue weighted by Crippen LogP contribution is 2.17. The minimum absolute atomic E-state index is 0.0169. The number of sulfonamides is 1. The van der Waals surface area contributed by atoms with Crippen LogP contribution < -0.4 is 4.72 Å². The van der Waals surface area contributed by atoms with Gasteiger partial charge in [-0.05, 0) is 13.8 Å². The molecule has 0 bridgehead atoms. The Bertz CT molecular complexity index is 539. The van der Waals surface area contributed by atoms with Crippen LogP contribution in [0.25, 0.3) is 0 Å². The Kier molecular flexibility index (Phi) is 6.37. The number of anilines is 1. The van der Waals surface area contributed by atoms with Gasteiger partial charge < -0.3 is 9.47 Å². The van der Waals surface area contributed by atoms with Gasteiger partial charge in [-0.1, -0.05) is 0 Å². The Morgan fingerprint density at radius 2 is 2.20 bits per heavy atom. The van der Waals surface area contributed by atoms with Crippen molar-refractivity contribution in [2.75, 3.05) is 24.2 Å². The maximum absolute atomic E-state index is 11.8. The van der Waals surface area contributed by atoms with Crippen molar-refractivity contribution in [3.8, 4) is 0 Å². The van der Waals surface area contributed by atoms with Crippen LogP contribution in [-0.2, 0) is 30.7 Å². The van der Waals surface area contributed by atoms with Crippen LogP contribution in [0.5, 0.6) is 0 Å². The topological polar surface area (TPSA) is 94.6 Å². The van der Waals surface area contributed by atoms with Crippen LogP contribution in [0.1, 0.15) is 19.5 Å². The van der Waals surface area contributed by atoms with E-state index in [0.29, 0.717) is 5.69 Å². The smallest absolute Gasteiger partial charge is 0.311 e. The molecule has 1 heterocycles. The lowest BCUT2D eigenvalue weighted by molar-refractivity contribution is -0.139. The zero-order chi connectivity index (χ0) is 15.2. The summed E-state index contributed by atoms with van der Waals surface area (Å²) >= 11 is 1.12. The Balaban J connectivity index is 2.53. The minimum atomic E-state index is -3.49. The first-order chi connectivity index (χ1) is 9.32. The third-order valence-corrected chi connectivity index (χ3v) is 4.30. The molecule has 0 unspecified atom stereocenters. The number of esters is 1. The van der Waals surface area contributed by atoms with Crippen molar-refractivity contribution in [2.45, 2.75) is 26.4 Å². The molecule has 1 rings (SSSR count). The van der Waals surface area contributed by atoms with E-state index in [-0.39, 0.29) is 30.0 Å². The van der Waals surface area contributed by atoms with Gasteiger partial charge in [0, 0.05) is 5.38 Å². The van der Waals surface area contributed by atoms with E-state index in [9.17, 15) is 13.2 Å². The Labute approximate surface area is 122 Å². The monoisotopic (exact) mass is 322 g/mol. The molecule has 9 heteroatoms. The summed E-state index contributed by atoms with van der Waals surface area (Å²) in [4.78, 5) is 15.1. The van der Waals surface area contributed by atoms with E-state index in [2.05, 4.69) is 14.4 Å². The number of carbonyl (C=O) groups is 1. The molecule has 0 atom stereocenters. The predicted molar refractivity (Wildman–Crippen MR) is 76.3 cm³/mol. The van der Waals surface area contributed by atoms with Gasteiger partial charge in [-0.2, -0.15) is 0 Å². The van der Waals surface area contributed by atoms with Crippen molar-refractivity contribution >= 4 is 32.5 Å². The SMILES string of the molecule is COC(=O)Cc1csc(NS(=O)(=O)CCOC(C)C)n1. The summed E-state index contributed by atoms with van der Waals surface area (Å²) in [5.74, 6) is -0.563. The number of hydrogen-bond acceptors (Lipinski definition) is 7. The molecule has 0 aliphatic rings. The quantitative estimate of drug-likeness (QED) is 0.718. The lowest BCUT2D eigenvalue weighted by Gasteiger charge is -2.08. The van der Waals surface area contributed by atoms with E-state index in [1.807, 2.05) is 13.8 Å². The van der Waals surface area contributed by atoms with Crippen LogP contribution in [-0.4, -0.2) is 44.9 Å². The number of thiazole rings is 1. The summed E-state index contributed by atoms with van der Waals surface area (Å²) in [5, 5.41) is 1.84. The third kappa shape index (κ3) is 6.31. The fourth-order valence-corrected chi connectivity index (χ4v) is 3.09. The van der Waals surface area contributed by atoms with Crippen LogP contribution >= 0.6 is 11.3 Å². The van der Waals surface area contributed by atoms with Crippen LogP contribution in [0.15, 0.2) is 5.38 Å². The first-order valence-corrected chi connectivity index (χ1v) is 8.49.